The van der Waals surface area contributed by atoms with Gasteiger partial charge >= 0.3 is 0 Å². The van der Waals surface area contributed by atoms with Crippen molar-refractivity contribution >= 4 is 28.5 Å². The summed E-state index contributed by atoms with van der Waals surface area (Å²) in [5, 5.41) is 5.80. The van der Waals surface area contributed by atoms with Gasteiger partial charge in [0.05, 0.1) is 17.1 Å². The topological polar surface area (TPSA) is 86.9 Å². The number of rotatable bonds is 6. The van der Waals surface area contributed by atoms with E-state index in [1.807, 2.05) is 73.7 Å². The minimum Gasteiger partial charge on any atom is -0.346 e. The second-order valence-electron chi connectivity index (χ2n) is 7.58. The maximum absolute atomic E-state index is 12.7. The van der Waals surface area contributed by atoms with Crippen molar-refractivity contribution in [2.45, 2.75) is 26.3 Å². The molecule has 3 aromatic carbocycles. The smallest absolute Gasteiger partial charge is 0.251 e. The fourth-order valence-electron chi connectivity index (χ4n) is 3.49. The van der Waals surface area contributed by atoms with Gasteiger partial charge in [0, 0.05) is 24.6 Å². The van der Waals surface area contributed by atoms with Gasteiger partial charge in [-0.2, -0.15) is 0 Å². The number of nitrogens with zero attached hydrogens (tertiary/aromatic N) is 1. The van der Waals surface area contributed by atoms with E-state index in [-0.39, 0.29) is 17.9 Å². The Labute approximate surface area is 180 Å². The number of aromatic amines is 1. The fourth-order valence-corrected chi connectivity index (χ4v) is 3.49. The van der Waals surface area contributed by atoms with Gasteiger partial charge in [-0.15, -0.1) is 0 Å². The third-order valence-corrected chi connectivity index (χ3v) is 5.09. The number of fused-ring (bicyclic) bond motifs is 1. The maximum Gasteiger partial charge on any atom is 0.251 e. The molecule has 4 rings (SSSR count). The molecule has 0 saturated heterocycles. The van der Waals surface area contributed by atoms with Crippen molar-refractivity contribution in [3.63, 3.8) is 0 Å². The Hall–Kier alpha value is -3.93. The molecule has 0 aliphatic rings. The van der Waals surface area contributed by atoms with Crippen molar-refractivity contribution in [1.29, 1.82) is 0 Å². The molecular formula is C25H24N4O2. The van der Waals surface area contributed by atoms with Gasteiger partial charge in [-0.1, -0.05) is 42.5 Å². The van der Waals surface area contributed by atoms with Crippen LogP contribution < -0.4 is 10.6 Å². The van der Waals surface area contributed by atoms with E-state index < -0.39 is 0 Å². The molecule has 1 heterocycles. The molecule has 0 spiro atoms. The van der Waals surface area contributed by atoms with Gasteiger partial charge in [-0.3, -0.25) is 9.59 Å². The zero-order valence-electron chi connectivity index (χ0n) is 17.5. The van der Waals surface area contributed by atoms with Crippen molar-refractivity contribution in [3.05, 3.63) is 95.3 Å². The summed E-state index contributed by atoms with van der Waals surface area (Å²) >= 11 is 0. The second-order valence-corrected chi connectivity index (χ2v) is 7.58. The molecule has 0 unspecified atom stereocenters. The number of anilines is 1. The molecule has 2 amide bonds. The van der Waals surface area contributed by atoms with Crippen molar-refractivity contribution in [3.8, 4) is 0 Å². The lowest BCUT2D eigenvalue weighted by atomic mass is 10.1. The molecule has 31 heavy (non-hydrogen) atoms. The van der Waals surface area contributed by atoms with Gasteiger partial charge < -0.3 is 15.6 Å². The number of hydrogen-bond acceptors (Lipinski definition) is 3. The summed E-state index contributed by atoms with van der Waals surface area (Å²) < 4.78 is 0. The van der Waals surface area contributed by atoms with Gasteiger partial charge in [0.25, 0.3) is 5.91 Å². The first-order valence-corrected chi connectivity index (χ1v) is 10.2. The highest BCUT2D eigenvalue weighted by atomic mass is 16.2. The molecule has 3 N–H and O–H groups in total. The van der Waals surface area contributed by atoms with Crippen LogP contribution in [0.5, 0.6) is 0 Å². The highest BCUT2D eigenvalue weighted by Gasteiger charge is 2.13. The lowest BCUT2D eigenvalue weighted by Crippen LogP contribution is -2.26. The maximum atomic E-state index is 12.7. The van der Waals surface area contributed by atoms with E-state index in [0.29, 0.717) is 12.0 Å². The van der Waals surface area contributed by atoms with E-state index in [9.17, 15) is 9.59 Å². The zero-order valence-corrected chi connectivity index (χ0v) is 17.5. The van der Waals surface area contributed by atoms with Crippen LogP contribution in [-0.2, 0) is 11.2 Å². The van der Waals surface area contributed by atoms with Crippen molar-refractivity contribution in [1.82, 2.24) is 15.3 Å². The van der Waals surface area contributed by atoms with Crippen molar-refractivity contribution < 1.29 is 9.59 Å². The molecule has 1 atom stereocenters. The number of aromatic nitrogens is 2. The summed E-state index contributed by atoms with van der Waals surface area (Å²) in [5.74, 6) is 0.600. The number of H-pyrrole nitrogens is 1. The summed E-state index contributed by atoms with van der Waals surface area (Å²) in [4.78, 5) is 31.8. The molecule has 0 saturated carbocycles. The highest BCUT2D eigenvalue weighted by Crippen LogP contribution is 2.18. The Bertz CT molecular complexity index is 1210. The van der Waals surface area contributed by atoms with Crippen LogP contribution in [0.25, 0.3) is 11.0 Å². The monoisotopic (exact) mass is 412 g/mol. The molecule has 0 fully saturated rings. The molecule has 4 aromatic rings. The molecule has 1 aromatic heterocycles. The summed E-state index contributed by atoms with van der Waals surface area (Å²) in [5.41, 5.74) is 5.13. The Balaban J connectivity index is 1.46. The minimum absolute atomic E-state index is 0.0813. The average molecular weight is 412 g/mol. The number of hydrogen-bond donors (Lipinski definition) is 3. The summed E-state index contributed by atoms with van der Waals surface area (Å²) in [6.07, 6.45) is 0.627. The van der Waals surface area contributed by atoms with Crippen LogP contribution in [0.3, 0.4) is 0 Å². The summed E-state index contributed by atoms with van der Waals surface area (Å²) in [7, 11) is 0. The Morgan fingerprint density at radius 1 is 1.00 bits per heavy atom. The molecule has 0 aliphatic heterocycles. The number of carbonyl (C=O) groups excluding carboxylic acids is 2. The Morgan fingerprint density at radius 2 is 1.74 bits per heavy atom. The van der Waals surface area contributed by atoms with E-state index in [1.54, 1.807) is 6.07 Å². The van der Waals surface area contributed by atoms with Crippen LogP contribution in [-0.4, -0.2) is 21.8 Å². The molecule has 0 bridgehead atoms. The quantitative estimate of drug-likeness (QED) is 0.432. The Kier molecular flexibility index (Phi) is 5.80. The van der Waals surface area contributed by atoms with E-state index in [4.69, 9.17) is 0 Å². The number of benzene rings is 3. The zero-order chi connectivity index (χ0) is 21.8. The van der Waals surface area contributed by atoms with E-state index in [0.717, 1.165) is 33.7 Å². The van der Waals surface area contributed by atoms with Gasteiger partial charge in [-0.05, 0) is 48.4 Å². The van der Waals surface area contributed by atoms with Crippen LogP contribution >= 0.6 is 0 Å². The molecule has 6 nitrogen and oxygen atoms in total. The number of amides is 2. The van der Waals surface area contributed by atoms with Crippen LogP contribution in [0.2, 0.25) is 0 Å². The molecule has 0 radical (unpaired) electrons. The number of carbonyl (C=O) groups is 2. The minimum atomic E-state index is -0.122. The third-order valence-electron chi connectivity index (χ3n) is 5.09. The lowest BCUT2D eigenvalue weighted by molar-refractivity contribution is -0.114. The second kappa shape index (κ2) is 8.83. The number of imidazole rings is 1. The fraction of sp³-hybridized carbons (Fsp3) is 0.160. The summed E-state index contributed by atoms with van der Waals surface area (Å²) in [6.45, 7) is 3.45. The molecular weight excluding hydrogens is 388 g/mol. The van der Waals surface area contributed by atoms with E-state index in [2.05, 4.69) is 20.6 Å². The summed E-state index contributed by atoms with van der Waals surface area (Å²) in [6, 6.07) is 22.9. The van der Waals surface area contributed by atoms with Gasteiger partial charge in [0.2, 0.25) is 5.91 Å². The lowest BCUT2D eigenvalue weighted by Gasteiger charge is -2.14. The van der Waals surface area contributed by atoms with E-state index in [1.165, 1.54) is 6.92 Å². The predicted octanol–water partition coefficient (Wildman–Crippen LogP) is 4.60. The standard InChI is InChI=1S/C25H24N4O2/c1-16(19-6-4-3-5-7-19)26-25(31)20-10-13-22-23(15-20)29-24(28-22)14-18-8-11-21(12-9-18)27-17(2)30/h3-13,15-16H,14H2,1-2H3,(H,26,31)(H,27,30)(H,28,29)/t16-/m0/s1. The van der Waals surface area contributed by atoms with Crippen LogP contribution in [0.4, 0.5) is 5.69 Å². The molecule has 156 valence electrons. The first-order chi connectivity index (χ1) is 15.0. The third kappa shape index (κ3) is 4.98. The van der Waals surface area contributed by atoms with E-state index >= 15 is 0 Å². The van der Waals surface area contributed by atoms with Crippen LogP contribution in [0.15, 0.2) is 72.8 Å². The highest BCUT2D eigenvalue weighted by molar-refractivity contribution is 5.97. The first-order valence-electron chi connectivity index (χ1n) is 10.2. The van der Waals surface area contributed by atoms with Crippen molar-refractivity contribution in [2.24, 2.45) is 0 Å². The normalized spacial score (nSPS) is 11.8. The number of nitrogens with one attached hydrogen (secondary N) is 3. The molecule has 0 aliphatic carbocycles. The van der Waals surface area contributed by atoms with Gasteiger partial charge in [0.1, 0.15) is 5.82 Å². The Morgan fingerprint density at radius 3 is 2.45 bits per heavy atom. The van der Waals surface area contributed by atoms with Crippen LogP contribution in [0.1, 0.15) is 47.2 Å². The molecule has 6 heteroatoms. The van der Waals surface area contributed by atoms with Gasteiger partial charge in [-0.25, -0.2) is 4.98 Å². The first kappa shape index (κ1) is 20.3. The van der Waals surface area contributed by atoms with Crippen molar-refractivity contribution in [2.75, 3.05) is 5.32 Å². The predicted molar refractivity (Wildman–Crippen MR) is 122 cm³/mol. The average Bonchev–Trinajstić information content (AvgIpc) is 3.16. The SMILES string of the molecule is CC(=O)Nc1ccc(Cc2nc3ccc(C(=O)N[C@@H](C)c4ccccc4)cc3[nH]2)cc1. The van der Waals surface area contributed by atoms with Gasteiger partial charge in [0.15, 0.2) is 0 Å². The van der Waals surface area contributed by atoms with Crippen LogP contribution in [0, 0.1) is 0 Å². The largest absolute Gasteiger partial charge is 0.346 e.